The molecule has 43 heavy (non-hydrogen) atoms. The first kappa shape index (κ1) is 29.2. The number of aromatic amines is 1. The Morgan fingerprint density at radius 3 is 2.88 bits per heavy atom. The number of allylic oxidation sites excluding steroid dienone is 1. The van der Waals surface area contributed by atoms with Crippen molar-refractivity contribution in [3.8, 4) is 16.9 Å². The van der Waals surface area contributed by atoms with Gasteiger partial charge in [-0.05, 0) is 53.3 Å². The van der Waals surface area contributed by atoms with Crippen LogP contribution in [0.3, 0.4) is 0 Å². The minimum atomic E-state index is -0.999. The smallest absolute Gasteiger partial charge is 0.411 e. The highest BCUT2D eigenvalue weighted by atomic mass is 35.5. The molecule has 0 radical (unpaired) electrons. The number of ether oxygens (including phenoxy) is 1. The van der Waals surface area contributed by atoms with Gasteiger partial charge in [0, 0.05) is 34.3 Å². The number of H-pyrrole nitrogens is 1. The molecule has 0 saturated carbocycles. The third kappa shape index (κ3) is 7.30. The summed E-state index contributed by atoms with van der Waals surface area (Å²) in [5, 5.41) is 30.1. The summed E-state index contributed by atoms with van der Waals surface area (Å²) >= 11 is 6.20. The second-order valence-electron chi connectivity index (χ2n) is 9.37. The van der Waals surface area contributed by atoms with Crippen LogP contribution in [0.5, 0.6) is 0 Å². The number of aryl methyl sites for hydroxylation is 1. The zero-order valence-corrected chi connectivity index (χ0v) is 23.5. The fourth-order valence-electron chi connectivity index (χ4n) is 4.40. The second-order valence-corrected chi connectivity index (χ2v) is 9.81. The molecule has 2 aromatic carbocycles. The van der Waals surface area contributed by atoms with Crippen LogP contribution >= 0.6 is 11.6 Å². The van der Waals surface area contributed by atoms with E-state index >= 15 is 0 Å². The molecule has 0 fully saturated rings. The van der Waals surface area contributed by atoms with Gasteiger partial charge in [-0.1, -0.05) is 23.8 Å². The van der Waals surface area contributed by atoms with Crippen LogP contribution in [0.2, 0.25) is 5.02 Å². The molecule has 0 saturated heterocycles. The molecule has 1 atom stereocenters. The molecule has 0 unspecified atom stereocenters. The van der Waals surface area contributed by atoms with Gasteiger partial charge in [0.2, 0.25) is 11.8 Å². The molecule has 3 amide bonds. The summed E-state index contributed by atoms with van der Waals surface area (Å²) in [5.41, 5.74) is 2.80. The fourth-order valence-corrected chi connectivity index (χ4v) is 4.58. The zero-order valence-electron chi connectivity index (χ0n) is 22.7. The van der Waals surface area contributed by atoms with Crippen molar-refractivity contribution in [1.82, 2.24) is 30.2 Å². The van der Waals surface area contributed by atoms with E-state index in [-0.39, 0.29) is 23.5 Å². The van der Waals surface area contributed by atoms with Gasteiger partial charge in [-0.2, -0.15) is 4.68 Å². The maximum atomic E-state index is 13.3. The van der Waals surface area contributed by atoms with Crippen LogP contribution in [0.1, 0.15) is 24.2 Å². The number of halogens is 1. The van der Waals surface area contributed by atoms with E-state index in [1.807, 2.05) is 0 Å². The number of tetrazole rings is 1. The molecule has 5 rings (SSSR count). The molecule has 1 aliphatic rings. The summed E-state index contributed by atoms with van der Waals surface area (Å²) in [6, 6.07) is 8.08. The predicted molar refractivity (Wildman–Crippen MR) is 159 cm³/mol. The average molecular weight is 604 g/mol. The highest BCUT2D eigenvalue weighted by molar-refractivity contribution is 6.30. The Bertz CT molecular complexity index is 1720. The number of benzene rings is 2. The van der Waals surface area contributed by atoms with Gasteiger partial charge in [-0.3, -0.25) is 14.9 Å². The third-order valence-corrected chi connectivity index (χ3v) is 6.54. The number of fused-ring (bicyclic) bond motifs is 4. The third-order valence-electron chi connectivity index (χ3n) is 6.30. The van der Waals surface area contributed by atoms with Gasteiger partial charge in [-0.15, -0.1) is 5.10 Å². The Morgan fingerprint density at radius 2 is 2.09 bits per heavy atom. The Hall–Kier alpha value is -5.34. The van der Waals surface area contributed by atoms with Crippen LogP contribution in [-0.4, -0.2) is 66.4 Å². The maximum absolute atomic E-state index is 13.3. The summed E-state index contributed by atoms with van der Waals surface area (Å²) in [7, 11) is 1.21. The lowest BCUT2D eigenvalue weighted by molar-refractivity contribution is -0.117. The Labute approximate surface area is 249 Å². The monoisotopic (exact) mass is 603 g/mol. The van der Waals surface area contributed by atoms with E-state index in [1.54, 1.807) is 42.6 Å². The molecule has 15 heteroatoms. The van der Waals surface area contributed by atoms with Crippen LogP contribution in [0.25, 0.3) is 23.0 Å². The van der Waals surface area contributed by atoms with Crippen LogP contribution in [0, 0.1) is 0 Å². The maximum Gasteiger partial charge on any atom is 0.411 e. The lowest BCUT2D eigenvalue weighted by Crippen LogP contribution is -2.20. The Morgan fingerprint density at radius 1 is 1.23 bits per heavy atom. The quantitative estimate of drug-likeness (QED) is 0.167. The zero-order chi connectivity index (χ0) is 30.3. The van der Waals surface area contributed by atoms with Crippen LogP contribution < -0.4 is 16.0 Å². The summed E-state index contributed by atoms with van der Waals surface area (Å²) in [4.78, 5) is 45.9. The van der Waals surface area contributed by atoms with E-state index in [0.29, 0.717) is 46.2 Å². The number of nitrogens with one attached hydrogen (secondary N) is 4. The Kier molecular flexibility index (Phi) is 8.88. The molecule has 1 aliphatic heterocycles. The standard InChI is InChI=1S/C28H26ClN9O5/c1-43-28(42)32-18-11-20(34-25(40)9-6-16-10-17(29)7-8-23(16)38-15-31-36-37-38)27-21(12-18)35-26(41)13-19(39)4-2-3-5-24-30-14-22(27)33-24/h2,4,6-12,14-15,19,39H,3,5,13H2,1H3,(H,30,33)(H,32,42)(H,34,40)(H,35,41)/t19-/m1/s1. The van der Waals surface area contributed by atoms with E-state index in [2.05, 4.69) is 41.4 Å². The van der Waals surface area contributed by atoms with Gasteiger partial charge in [0.25, 0.3) is 0 Å². The van der Waals surface area contributed by atoms with Gasteiger partial charge in [-0.25, -0.2) is 9.78 Å². The summed E-state index contributed by atoms with van der Waals surface area (Å²) < 4.78 is 6.16. The van der Waals surface area contributed by atoms with E-state index in [9.17, 15) is 19.5 Å². The lowest BCUT2D eigenvalue weighted by Gasteiger charge is -2.18. The number of carbonyl (C=O) groups is 3. The van der Waals surface area contributed by atoms with Crippen molar-refractivity contribution in [2.75, 3.05) is 23.1 Å². The van der Waals surface area contributed by atoms with Crippen LogP contribution in [-0.2, 0) is 20.7 Å². The highest BCUT2D eigenvalue weighted by Gasteiger charge is 2.21. The van der Waals surface area contributed by atoms with Crippen molar-refractivity contribution in [3.63, 3.8) is 0 Å². The molecule has 220 valence electrons. The number of anilines is 3. The normalized spacial score (nSPS) is 15.0. The lowest BCUT2D eigenvalue weighted by atomic mass is 10.0. The molecule has 0 spiro atoms. The molecule has 2 bridgehead atoms. The number of methoxy groups -OCH3 is 1. The number of hydrogen-bond donors (Lipinski definition) is 5. The van der Waals surface area contributed by atoms with E-state index in [4.69, 9.17) is 16.3 Å². The molecule has 4 aromatic rings. The van der Waals surface area contributed by atoms with Crippen LogP contribution in [0.4, 0.5) is 21.9 Å². The molecular formula is C28H26ClN9O5. The highest BCUT2D eigenvalue weighted by Crippen LogP contribution is 2.38. The van der Waals surface area contributed by atoms with E-state index < -0.39 is 24.0 Å². The van der Waals surface area contributed by atoms with Crippen LogP contribution in [0.15, 0.2) is 61.1 Å². The van der Waals surface area contributed by atoms with Gasteiger partial charge < -0.3 is 25.5 Å². The van der Waals surface area contributed by atoms with E-state index in [0.717, 1.165) is 0 Å². The first-order valence-electron chi connectivity index (χ1n) is 13.0. The number of aliphatic hydroxyl groups is 1. The molecule has 14 nitrogen and oxygen atoms in total. The van der Waals surface area contributed by atoms with Crippen molar-refractivity contribution in [2.24, 2.45) is 0 Å². The van der Waals surface area contributed by atoms with Crippen molar-refractivity contribution in [2.45, 2.75) is 25.4 Å². The molecule has 5 N–H and O–H groups in total. The van der Waals surface area contributed by atoms with Gasteiger partial charge in [0.05, 0.1) is 48.6 Å². The average Bonchev–Trinajstić information content (AvgIpc) is 3.67. The Balaban J connectivity index is 1.54. The summed E-state index contributed by atoms with van der Waals surface area (Å²) in [5.74, 6) is -0.356. The number of aliphatic hydroxyl groups excluding tert-OH is 1. The molecule has 0 aliphatic carbocycles. The van der Waals surface area contributed by atoms with Crippen molar-refractivity contribution >= 4 is 52.6 Å². The number of nitrogens with zero attached hydrogens (tertiary/aromatic N) is 5. The van der Waals surface area contributed by atoms with Crippen molar-refractivity contribution < 1.29 is 24.2 Å². The summed E-state index contributed by atoms with van der Waals surface area (Å²) in [6.45, 7) is 0. The van der Waals surface area contributed by atoms with Gasteiger partial charge in [0.1, 0.15) is 12.2 Å². The van der Waals surface area contributed by atoms with Crippen molar-refractivity contribution in [1.29, 1.82) is 0 Å². The topological polar surface area (TPSA) is 189 Å². The minimum absolute atomic E-state index is 0.203. The SMILES string of the molecule is COC(=O)Nc1cc(NC(=O)C=Cc2cc(Cl)ccc2-n2cnnn2)c2c(c1)NC(=O)C[C@H](O)C=CCCc1ncc-2[nH]1. The molecular weight excluding hydrogens is 578 g/mol. The number of carbonyl (C=O) groups excluding carboxylic acids is 3. The molecule has 2 aromatic heterocycles. The number of hydrogen-bond acceptors (Lipinski definition) is 9. The molecule has 3 heterocycles. The van der Waals surface area contributed by atoms with E-state index in [1.165, 1.54) is 36.3 Å². The largest absolute Gasteiger partial charge is 0.453 e. The van der Waals surface area contributed by atoms with Gasteiger partial charge >= 0.3 is 6.09 Å². The first-order valence-corrected chi connectivity index (χ1v) is 13.4. The van der Waals surface area contributed by atoms with Crippen molar-refractivity contribution in [3.05, 3.63) is 77.5 Å². The fraction of sp³-hybridized carbons (Fsp3) is 0.179. The first-order chi connectivity index (χ1) is 20.8. The number of aromatic nitrogens is 6. The number of rotatable bonds is 5. The second kappa shape index (κ2) is 13.1. The van der Waals surface area contributed by atoms with Gasteiger partial charge in [0.15, 0.2) is 0 Å². The predicted octanol–water partition coefficient (Wildman–Crippen LogP) is 3.73. The minimum Gasteiger partial charge on any atom is -0.453 e. The summed E-state index contributed by atoms with van der Waals surface area (Å²) in [6.07, 6.45) is 8.37. The number of imidazole rings is 1. The number of amides is 3.